The highest BCUT2D eigenvalue weighted by Gasteiger charge is 2.71. The molecule has 2 aromatic rings. The second-order valence-corrected chi connectivity index (χ2v) is 10.7. The number of hydrogen-bond acceptors (Lipinski definition) is 5. The molecule has 0 aromatic heterocycles. The number of hydrogen-bond donors (Lipinski definition) is 4. The van der Waals surface area contributed by atoms with E-state index in [2.05, 4.69) is 10.6 Å². The van der Waals surface area contributed by atoms with Crippen molar-refractivity contribution in [2.45, 2.75) is 62.3 Å². The van der Waals surface area contributed by atoms with Gasteiger partial charge in [-0.05, 0) is 36.6 Å². The highest BCUT2D eigenvalue weighted by Crippen LogP contribution is 2.50. The van der Waals surface area contributed by atoms with Gasteiger partial charge in [0.25, 0.3) is 11.5 Å². The van der Waals surface area contributed by atoms with Crippen molar-refractivity contribution in [3.05, 3.63) is 65.0 Å². The maximum atomic E-state index is 14.7. The number of nitrogens with zero attached hydrogens (tertiary/aromatic N) is 2. The van der Waals surface area contributed by atoms with Crippen LogP contribution in [0.1, 0.15) is 47.2 Å². The number of nitrogens with one attached hydrogen (secondary N) is 2. The third-order valence-electron chi connectivity index (χ3n) is 7.77. The average Bonchev–Trinajstić information content (AvgIpc) is 2.94. The number of rotatable bonds is 6. The maximum absolute atomic E-state index is 14.7. The molecule has 0 bridgehead atoms. The average molecular weight is 621 g/mol. The third-order valence-corrected chi connectivity index (χ3v) is 7.77. The summed E-state index contributed by atoms with van der Waals surface area (Å²) in [6, 6.07) is 5.86. The summed E-state index contributed by atoms with van der Waals surface area (Å²) in [7, 11) is 0. The van der Waals surface area contributed by atoms with Crippen LogP contribution in [0.15, 0.2) is 42.5 Å². The molecular formula is C28H31F7N4O4. The van der Waals surface area contributed by atoms with Crippen molar-refractivity contribution < 1.29 is 50.5 Å². The van der Waals surface area contributed by atoms with Gasteiger partial charge in [0.05, 0.1) is 17.8 Å². The van der Waals surface area contributed by atoms with E-state index in [1.807, 2.05) is 4.90 Å². The van der Waals surface area contributed by atoms with Gasteiger partial charge in [-0.15, -0.1) is 0 Å². The molecule has 4 rings (SSSR count). The Morgan fingerprint density at radius 1 is 0.884 bits per heavy atom. The van der Waals surface area contributed by atoms with Crippen molar-refractivity contribution in [2.75, 3.05) is 31.5 Å². The van der Waals surface area contributed by atoms with Crippen molar-refractivity contribution in [3.8, 4) is 0 Å². The van der Waals surface area contributed by atoms with Crippen molar-refractivity contribution in [3.63, 3.8) is 0 Å². The lowest BCUT2D eigenvalue weighted by Gasteiger charge is -2.35. The van der Waals surface area contributed by atoms with E-state index in [9.17, 15) is 50.5 Å². The number of carbonyl (C=O) groups is 2. The van der Waals surface area contributed by atoms with Crippen LogP contribution in [0.2, 0.25) is 0 Å². The zero-order chi connectivity index (χ0) is 31.6. The monoisotopic (exact) mass is 620 g/mol. The fourth-order valence-corrected chi connectivity index (χ4v) is 5.25. The second kappa shape index (κ2) is 12.7. The van der Waals surface area contributed by atoms with E-state index in [1.165, 1.54) is 17.0 Å². The Hall–Kier alpha value is -3.43. The molecule has 15 heteroatoms. The van der Waals surface area contributed by atoms with Gasteiger partial charge in [-0.1, -0.05) is 37.1 Å². The van der Waals surface area contributed by atoms with Gasteiger partial charge in [-0.25, -0.2) is 9.18 Å². The van der Waals surface area contributed by atoms with Crippen LogP contribution < -0.4 is 10.6 Å². The normalized spacial score (nSPS) is 20.5. The first-order valence-electron chi connectivity index (χ1n) is 13.6. The predicted molar refractivity (Wildman–Crippen MR) is 140 cm³/mol. The third kappa shape index (κ3) is 7.21. The summed E-state index contributed by atoms with van der Waals surface area (Å²) in [6.45, 7) is 1.29. The Bertz CT molecular complexity index is 1280. The zero-order valence-electron chi connectivity index (χ0n) is 22.8. The first-order valence-corrected chi connectivity index (χ1v) is 13.6. The molecule has 1 heterocycles. The molecule has 1 saturated heterocycles. The Kier molecular flexibility index (Phi) is 9.57. The van der Waals surface area contributed by atoms with E-state index in [4.69, 9.17) is 0 Å². The van der Waals surface area contributed by atoms with E-state index in [0.717, 1.165) is 31.0 Å². The molecule has 2 atom stereocenters. The lowest BCUT2D eigenvalue weighted by atomic mass is 9.91. The number of carbonyl (C=O) groups excluding carboxylic acids is 2. The minimum Gasteiger partial charge on any atom is -0.391 e. The van der Waals surface area contributed by atoms with Gasteiger partial charge in [-0.3, -0.25) is 9.69 Å². The largest absolute Gasteiger partial charge is 0.430 e. The summed E-state index contributed by atoms with van der Waals surface area (Å²) in [5.74, 6) is -1.28. The molecule has 2 aliphatic rings. The highest BCUT2D eigenvalue weighted by molar-refractivity contribution is 5.95. The number of benzene rings is 2. The molecule has 1 aliphatic carbocycles. The van der Waals surface area contributed by atoms with Gasteiger partial charge < -0.3 is 25.7 Å². The number of amides is 3. The molecule has 0 radical (unpaired) electrons. The van der Waals surface area contributed by atoms with E-state index >= 15 is 0 Å². The van der Waals surface area contributed by atoms with Crippen LogP contribution in [0.5, 0.6) is 0 Å². The van der Waals surface area contributed by atoms with Crippen LogP contribution in [0, 0.1) is 5.82 Å². The summed E-state index contributed by atoms with van der Waals surface area (Å²) in [5, 5.41) is 24.5. The fourth-order valence-electron chi connectivity index (χ4n) is 5.25. The van der Waals surface area contributed by atoms with Crippen molar-refractivity contribution in [2.24, 2.45) is 0 Å². The summed E-state index contributed by atoms with van der Waals surface area (Å²) in [6.07, 6.45) is -9.71. The minimum atomic E-state index is -5.97. The molecule has 236 valence electrons. The molecule has 2 unspecified atom stereocenters. The van der Waals surface area contributed by atoms with Gasteiger partial charge >= 0.3 is 18.4 Å². The Morgan fingerprint density at radius 3 is 2.05 bits per heavy atom. The highest BCUT2D eigenvalue weighted by atomic mass is 19.4. The minimum absolute atomic E-state index is 0.0528. The summed E-state index contributed by atoms with van der Waals surface area (Å²) >= 11 is 0. The molecule has 4 N–H and O–H groups in total. The number of halogens is 7. The molecule has 0 spiro atoms. The van der Waals surface area contributed by atoms with E-state index in [0.29, 0.717) is 43.6 Å². The van der Waals surface area contributed by atoms with Crippen molar-refractivity contribution in [1.29, 1.82) is 0 Å². The Morgan fingerprint density at radius 2 is 1.49 bits per heavy atom. The number of piperazine rings is 1. The van der Waals surface area contributed by atoms with E-state index in [1.54, 1.807) is 0 Å². The Balaban J connectivity index is 1.30. The molecule has 43 heavy (non-hydrogen) atoms. The number of urea groups is 1. The van der Waals surface area contributed by atoms with Gasteiger partial charge in [0.15, 0.2) is 0 Å². The topological polar surface area (TPSA) is 105 Å². The first-order chi connectivity index (χ1) is 20.1. The van der Waals surface area contributed by atoms with Gasteiger partial charge in [0.1, 0.15) is 5.82 Å². The van der Waals surface area contributed by atoms with Crippen molar-refractivity contribution in [1.82, 2.24) is 15.1 Å². The maximum Gasteiger partial charge on any atom is 0.430 e. The predicted octanol–water partition coefficient (Wildman–Crippen LogP) is 4.52. The standard InChI is InChI=1S/C28H31F7N4O4/c29-20-15-18(7-10-21(20)36-25(42)37-22-3-1-2-4-23(22)40)24(41)39-13-11-38(12-14-39)16-17-5-8-19(9-6-17)26(43,27(30,31)32)28(33,34)35/h5-10,15,22-23,40,43H,1-4,11-14,16H2,(H2,36,37,42). The lowest BCUT2D eigenvalue weighted by molar-refractivity contribution is -0.376. The molecule has 1 saturated carbocycles. The van der Waals surface area contributed by atoms with Crippen LogP contribution in [-0.2, 0) is 12.1 Å². The summed E-state index contributed by atoms with van der Waals surface area (Å²) < 4.78 is 93.4. The second-order valence-electron chi connectivity index (χ2n) is 10.7. The van der Waals surface area contributed by atoms with E-state index in [-0.39, 0.29) is 30.9 Å². The number of anilines is 1. The number of aliphatic hydroxyl groups is 2. The zero-order valence-corrected chi connectivity index (χ0v) is 22.8. The van der Waals surface area contributed by atoms with Gasteiger partial charge in [-0.2, -0.15) is 26.3 Å². The Labute approximate surface area is 242 Å². The van der Waals surface area contributed by atoms with Gasteiger partial charge in [0.2, 0.25) is 0 Å². The molecule has 2 aromatic carbocycles. The number of alkyl halides is 6. The van der Waals surface area contributed by atoms with Crippen molar-refractivity contribution >= 4 is 17.6 Å². The van der Waals surface area contributed by atoms with Crippen LogP contribution in [0.3, 0.4) is 0 Å². The molecular weight excluding hydrogens is 589 g/mol. The first kappa shape index (κ1) is 32.5. The molecule has 1 aliphatic heterocycles. The smallest absolute Gasteiger partial charge is 0.391 e. The number of aliphatic hydroxyl groups excluding tert-OH is 1. The van der Waals surface area contributed by atoms with Gasteiger partial charge in [0, 0.05) is 43.9 Å². The summed E-state index contributed by atoms with van der Waals surface area (Å²) in [4.78, 5) is 28.5. The molecule has 2 fully saturated rings. The SMILES string of the molecule is O=C(Nc1ccc(C(=O)N2CCN(Cc3ccc(C(O)(C(F)(F)F)C(F)(F)F)cc3)CC2)cc1F)NC1CCCCC1O. The van der Waals surface area contributed by atoms with Crippen LogP contribution in [0.4, 0.5) is 41.2 Å². The quantitative estimate of drug-likeness (QED) is 0.356. The van der Waals surface area contributed by atoms with E-state index < -0.39 is 53.4 Å². The molecule has 3 amide bonds. The van der Waals surface area contributed by atoms with Crippen LogP contribution in [0.25, 0.3) is 0 Å². The van der Waals surface area contributed by atoms with Crippen LogP contribution in [-0.4, -0.2) is 82.6 Å². The summed E-state index contributed by atoms with van der Waals surface area (Å²) in [5.41, 5.74) is -6.02. The lowest BCUT2D eigenvalue weighted by Crippen LogP contribution is -2.53. The fraction of sp³-hybridized carbons (Fsp3) is 0.500. The molecule has 8 nitrogen and oxygen atoms in total. The van der Waals surface area contributed by atoms with Crippen LogP contribution >= 0.6 is 0 Å².